The van der Waals surface area contributed by atoms with Crippen LogP contribution in [0.3, 0.4) is 0 Å². The summed E-state index contributed by atoms with van der Waals surface area (Å²) in [6.07, 6.45) is 0. The van der Waals surface area contributed by atoms with Crippen molar-refractivity contribution in [3.63, 3.8) is 0 Å². The highest BCUT2D eigenvalue weighted by molar-refractivity contribution is 9.10. The third kappa shape index (κ3) is 3.77. The molecule has 0 atom stereocenters. The summed E-state index contributed by atoms with van der Waals surface area (Å²) in [4.78, 5) is 27.0. The summed E-state index contributed by atoms with van der Waals surface area (Å²) >= 11 is 4.55. The van der Waals surface area contributed by atoms with E-state index >= 15 is 0 Å². The average Bonchev–Trinajstić information content (AvgIpc) is 2.97. The summed E-state index contributed by atoms with van der Waals surface area (Å²) in [7, 11) is 0. The molecule has 0 aliphatic rings. The minimum Gasteiger partial charge on any atom is -0.493 e. The third-order valence-electron chi connectivity index (χ3n) is 3.30. The third-order valence-corrected chi connectivity index (χ3v) is 4.85. The van der Waals surface area contributed by atoms with Crippen LogP contribution in [0, 0.1) is 10.1 Å². The van der Waals surface area contributed by atoms with Gasteiger partial charge < -0.3 is 4.74 Å². The zero-order valence-electron chi connectivity index (χ0n) is 13.0. The van der Waals surface area contributed by atoms with Gasteiger partial charge in [-0.2, -0.15) is 0 Å². The number of benzene rings is 2. The number of hydrogen-bond acceptors (Lipinski definition) is 6. The van der Waals surface area contributed by atoms with E-state index in [1.807, 2.05) is 6.92 Å². The van der Waals surface area contributed by atoms with Crippen molar-refractivity contribution < 1.29 is 14.5 Å². The molecule has 1 amide bonds. The fourth-order valence-electron chi connectivity index (χ4n) is 2.16. The van der Waals surface area contributed by atoms with Gasteiger partial charge in [-0.15, -0.1) is 0 Å². The SMILES string of the molecule is CCOc1ccc(C(=O)Nc2nc3ccc([N+](=O)[O-])cc3s2)cc1Br. The lowest BCUT2D eigenvalue weighted by Crippen LogP contribution is -2.11. The van der Waals surface area contributed by atoms with Crippen LogP contribution in [0.1, 0.15) is 17.3 Å². The van der Waals surface area contributed by atoms with Gasteiger partial charge in [0.2, 0.25) is 0 Å². The van der Waals surface area contributed by atoms with Crippen LogP contribution in [0.25, 0.3) is 10.2 Å². The van der Waals surface area contributed by atoms with Crippen molar-refractivity contribution >= 4 is 54.2 Å². The van der Waals surface area contributed by atoms with E-state index in [1.165, 1.54) is 23.5 Å². The minimum absolute atomic E-state index is 0.00975. The number of thiazole rings is 1. The Kier molecular flexibility index (Phi) is 4.95. The van der Waals surface area contributed by atoms with Gasteiger partial charge in [0, 0.05) is 17.7 Å². The summed E-state index contributed by atoms with van der Waals surface area (Å²) in [6, 6.07) is 9.42. The molecular formula is C16H12BrN3O4S. The molecule has 2 aromatic carbocycles. The van der Waals surface area contributed by atoms with Gasteiger partial charge in [-0.3, -0.25) is 20.2 Å². The van der Waals surface area contributed by atoms with Crippen LogP contribution < -0.4 is 10.1 Å². The summed E-state index contributed by atoms with van der Waals surface area (Å²) in [6.45, 7) is 2.41. The number of nitrogens with zero attached hydrogens (tertiary/aromatic N) is 2. The van der Waals surface area contributed by atoms with Crippen LogP contribution in [-0.4, -0.2) is 22.4 Å². The number of ether oxygens (including phenoxy) is 1. The van der Waals surface area contributed by atoms with Gasteiger partial charge in [0.25, 0.3) is 11.6 Å². The van der Waals surface area contributed by atoms with Gasteiger partial charge in [0.05, 0.1) is 26.2 Å². The number of carbonyl (C=O) groups excluding carboxylic acids is 1. The van der Waals surface area contributed by atoms with Crippen molar-refractivity contribution in [2.45, 2.75) is 6.92 Å². The van der Waals surface area contributed by atoms with E-state index < -0.39 is 4.92 Å². The molecule has 1 heterocycles. The molecule has 0 unspecified atom stereocenters. The number of anilines is 1. The Morgan fingerprint density at radius 2 is 2.16 bits per heavy atom. The van der Waals surface area contributed by atoms with Gasteiger partial charge >= 0.3 is 0 Å². The number of carbonyl (C=O) groups is 1. The summed E-state index contributed by atoms with van der Waals surface area (Å²) < 4.78 is 6.73. The van der Waals surface area contributed by atoms with Gasteiger partial charge in [-0.05, 0) is 47.1 Å². The molecule has 25 heavy (non-hydrogen) atoms. The number of hydrogen-bond donors (Lipinski definition) is 1. The number of nitrogens with one attached hydrogen (secondary N) is 1. The number of aromatic nitrogens is 1. The number of amides is 1. The van der Waals surface area contributed by atoms with Crippen LogP contribution in [0.2, 0.25) is 0 Å². The maximum atomic E-state index is 12.4. The number of rotatable bonds is 5. The highest BCUT2D eigenvalue weighted by Crippen LogP contribution is 2.30. The highest BCUT2D eigenvalue weighted by atomic mass is 79.9. The molecular weight excluding hydrogens is 410 g/mol. The van der Waals surface area contributed by atoms with Crippen LogP contribution >= 0.6 is 27.3 Å². The Bertz CT molecular complexity index is 973. The number of fused-ring (bicyclic) bond motifs is 1. The van der Waals surface area contributed by atoms with Crippen molar-refractivity contribution in [3.8, 4) is 5.75 Å². The van der Waals surface area contributed by atoms with Gasteiger partial charge in [0.15, 0.2) is 5.13 Å². The lowest BCUT2D eigenvalue weighted by molar-refractivity contribution is -0.384. The molecule has 0 saturated carbocycles. The van der Waals surface area contributed by atoms with E-state index in [0.29, 0.717) is 37.7 Å². The number of nitro groups is 1. The van der Waals surface area contributed by atoms with E-state index in [0.717, 1.165) is 0 Å². The Balaban J connectivity index is 1.82. The van der Waals surface area contributed by atoms with Crippen molar-refractivity contribution in [2.75, 3.05) is 11.9 Å². The van der Waals surface area contributed by atoms with E-state index in [2.05, 4.69) is 26.2 Å². The molecule has 0 aliphatic carbocycles. The lowest BCUT2D eigenvalue weighted by atomic mass is 10.2. The van der Waals surface area contributed by atoms with Crippen molar-refractivity contribution in [3.05, 3.63) is 56.5 Å². The van der Waals surface area contributed by atoms with Gasteiger partial charge in [0.1, 0.15) is 5.75 Å². The molecule has 0 aliphatic heterocycles. The van der Waals surface area contributed by atoms with E-state index in [9.17, 15) is 14.9 Å². The molecule has 0 radical (unpaired) electrons. The van der Waals surface area contributed by atoms with Crippen molar-refractivity contribution in [1.82, 2.24) is 4.98 Å². The maximum absolute atomic E-state index is 12.4. The first-order valence-corrected chi connectivity index (χ1v) is 8.87. The molecule has 3 aromatic rings. The first-order chi connectivity index (χ1) is 12.0. The monoisotopic (exact) mass is 421 g/mol. The van der Waals surface area contributed by atoms with Crippen molar-refractivity contribution in [2.24, 2.45) is 0 Å². The standard InChI is InChI=1S/C16H12BrN3O4S/c1-2-24-13-6-3-9(7-11(13)17)15(21)19-16-18-12-5-4-10(20(22)23)8-14(12)25-16/h3-8H,2H2,1H3,(H,18,19,21). The second kappa shape index (κ2) is 7.16. The molecule has 128 valence electrons. The molecule has 1 N–H and O–H groups in total. The minimum atomic E-state index is -0.463. The Labute approximate surface area is 154 Å². The zero-order valence-corrected chi connectivity index (χ0v) is 15.4. The molecule has 0 bridgehead atoms. The highest BCUT2D eigenvalue weighted by Gasteiger charge is 2.14. The summed E-state index contributed by atoms with van der Waals surface area (Å²) in [5, 5.41) is 13.9. The maximum Gasteiger partial charge on any atom is 0.270 e. The summed E-state index contributed by atoms with van der Waals surface area (Å²) in [5.74, 6) is 0.337. The fraction of sp³-hybridized carbons (Fsp3) is 0.125. The molecule has 3 rings (SSSR count). The van der Waals surface area contributed by atoms with Crippen LogP contribution in [0.15, 0.2) is 40.9 Å². The smallest absolute Gasteiger partial charge is 0.270 e. The molecule has 9 heteroatoms. The topological polar surface area (TPSA) is 94.4 Å². The van der Waals surface area contributed by atoms with E-state index in [4.69, 9.17) is 4.74 Å². The Morgan fingerprint density at radius 1 is 1.36 bits per heavy atom. The Hall–Kier alpha value is -2.52. The predicted octanol–water partition coefficient (Wildman–Crippen LogP) is 4.62. The van der Waals surface area contributed by atoms with Crippen LogP contribution in [0.4, 0.5) is 10.8 Å². The zero-order chi connectivity index (χ0) is 18.0. The molecule has 7 nitrogen and oxygen atoms in total. The number of halogens is 1. The lowest BCUT2D eigenvalue weighted by Gasteiger charge is -2.07. The first-order valence-electron chi connectivity index (χ1n) is 7.26. The second-order valence-electron chi connectivity index (χ2n) is 4.96. The molecule has 0 saturated heterocycles. The van der Waals surface area contributed by atoms with Gasteiger partial charge in [-0.25, -0.2) is 4.98 Å². The number of nitro benzene ring substituents is 1. The second-order valence-corrected chi connectivity index (χ2v) is 6.85. The molecule has 0 spiro atoms. The normalized spacial score (nSPS) is 10.6. The fourth-order valence-corrected chi connectivity index (χ4v) is 3.55. The summed E-state index contributed by atoms with van der Waals surface area (Å²) in [5.41, 5.74) is 1.03. The largest absolute Gasteiger partial charge is 0.493 e. The number of non-ortho nitro benzene ring substituents is 1. The predicted molar refractivity (Wildman–Crippen MR) is 99.5 cm³/mol. The first kappa shape index (κ1) is 17.3. The van der Waals surface area contributed by atoms with Crippen molar-refractivity contribution in [1.29, 1.82) is 0 Å². The van der Waals surface area contributed by atoms with E-state index in [1.54, 1.807) is 24.3 Å². The quantitative estimate of drug-likeness (QED) is 0.478. The van der Waals surface area contributed by atoms with Crippen LogP contribution in [0.5, 0.6) is 5.75 Å². The Morgan fingerprint density at radius 3 is 2.84 bits per heavy atom. The van der Waals surface area contributed by atoms with Gasteiger partial charge in [-0.1, -0.05) is 11.3 Å². The molecule has 1 aromatic heterocycles. The average molecular weight is 422 g/mol. The van der Waals surface area contributed by atoms with Crippen LogP contribution in [-0.2, 0) is 0 Å². The van der Waals surface area contributed by atoms with E-state index in [-0.39, 0.29) is 11.6 Å². The molecule has 0 fully saturated rings.